The van der Waals surface area contributed by atoms with Crippen molar-refractivity contribution < 1.29 is 9.50 Å². The first kappa shape index (κ1) is 8.91. The molecule has 0 unspecified atom stereocenters. The summed E-state index contributed by atoms with van der Waals surface area (Å²) in [6.07, 6.45) is 0. The van der Waals surface area contributed by atoms with Gasteiger partial charge in [0.2, 0.25) is 0 Å². The normalized spacial score (nSPS) is 10.2. The molecule has 1 aromatic rings. The predicted molar refractivity (Wildman–Crippen MR) is 43.1 cm³/mol. The number of benzene rings is 1. The van der Waals surface area contributed by atoms with E-state index in [9.17, 15) is 4.39 Å². The van der Waals surface area contributed by atoms with E-state index in [1.54, 1.807) is 0 Å². The van der Waals surface area contributed by atoms with Crippen LogP contribution in [-0.2, 0) is 0 Å². The molecule has 0 aliphatic carbocycles. The summed E-state index contributed by atoms with van der Waals surface area (Å²) in [6, 6.07) is 1.13. The number of halogens is 4. The Morgan fingerprint density at radius 2 is 1.73 bits per heavy atom. The van der Waals surface area contributed by atoms with Gasteiger partial charge in [0.05, 0.1) is 10.0 Å². The van der Waals surface area contributed by atoms with Gasteiger partial charge in [0.15, 0.2) is 11.6 Å². The Hall–Kier alpha value is -0.180. The van der Waals surface area contributed by atoms with Gasteiger partial charge in [0.25, 0.3) is 0 Å². The Morgan fingerprint density at radius 1 is 1.18 bits per heavy atom. The van der Waals surface area contributed by atoms with Gasteiger partial charge in [-0.15, -0.1) is 0 Å². The smallest absolute Gasteiger partial charge is 0.185 e. The largest absolute Gasteiger partial charge is 0.504 e. The molecule has 0 radical (unpaired) electrons. The van der Waals surface area contributed by atoms with Crippen molar-refractivity contribution in [2.45, 2.75) is 0 Å². The van der Waals surface area contributed by atoms with Crippen molar-refractivity contribution in [3.63, 3.8) is 0 Å². The minimum Gasteiger partial charge on any atom is -0.504 e. The third kappa shape index (κ3) is 1.53. The van der Waals surface area contributed by atoms with Crippen LogP contribution in [0.25, 0.3) is 0 Å². The van der Waals surface area contributed by atoms with E-state index in [0.717, 1.165) is 6.07 Å². The molecule has 1 rings (SSSR count). The minimum atomic E-state index is -0.957. The van der Waals surface area contributed by atoms with Crippen LogP contribution in [0.3, 0.4) is 0 Å². The fourth-order valence-corrected chi connectivity index (χ4v) is 1.15. The molecule has 0 aliphatic rings. The minimum absolute atomic E-state index is 0.0237. The number of aromatic hydroxyl groups is 1. The van der Waals surface area contributed by atoms with E-state index in [1.165, 1.54) is 0 Å². The van der Waals surface area contributed by atoms with Crippen molar-refractivity contribution in [1.29, 1.82) is 0 Å². The second-order valence-electron chi connectivity index (χ2n) is 1.82. The van der Waals surface area contributed by atoms with E-state index in [2.05, 4.69) is 0 Å². The fraction of sp³-hybridized carbons (Fsp3) is 0. The molecule has 5 heteroatoms. The van der Waals surface area contributed by atoms with Crippen LogP contribution in [0, 0.1) is 5.82 Å². The molecule has 0 atom stereocenters. The zero-order chi connectivity index (χ0) is 8.59. The number of rotatable bonds is 0. The van der Waals surface area contributed by atoms with Gasteiger partial charge in [0.1, 0.15) is 5.02 Å². The molecule has 1 aromatic carbocycles. The van der Waals surface area contributed by atoms with Gasteiger partial charge in [-0.1, -0.05) is 34.8 Å². The Bertz CT molecular complexity index is 274. The average molecular weight is 215 g/mol. The van der Waals surface area contributed by atoms with E-state index in [4.69, 9.17) is 39.9 Å². The van der Waals surface area contributed by atoms with Crippen molar-refractivity contribution in [1.82, 2.24) is 0 Å². The van der Waals surface area contributed by atoms with Gasteiger partial charge in [-0.2, -0.15) is 0 Å². The summed E-state index contributed by atoms with van der Waals surface area (Å²) < 4.78 is 12.6. The molecule has 0 saturated heterocycles. The van der Waals surface area contributed by atoms with E-state index >= 15 is 0 Å². The van der Waals surface area contributed by atoms with Crippen LogP contribution in [0.15, 0.2) is 6.07 Å². The lowest BCUT2D eigenvalue weighted by Gasteiger charge is -2.01. The highest BCUT2D eigenvalue weighted by Gasteiger charge is 2.13. The van der Waals surface area contributed by atoms with Gasteiger partial charge >= 0.3 is 0 Å². The second kappa shape index (κ2) is 3.05. The van der Waals surface area contributed by atoms with Crippen LogP contribution in [-0.4, -0.2) is 5.11 Å². The summed E-state index contributed by atoms with van der Waals surface area (Å²) in [4.78, 5) is 0. The highest BCUT2D eigenvalue weighted by atomic mass is 35.5. The van der Waals surface area contributed by atoms with E-state index < -0.39 is 11.6 Å². The van der Waals surface area contributed by atoms with Gasteiger partial charge < -0.3 is 5.11 Å². The van der Waals surface area contributed by atoms with Crippen LogP contribution < -0.4 is 0 Å². The number of phenols is 1. The monoisotopic (exact) mass is 214 g/mol. The first-order valence-corrected chi connectivity index (χ1v) is 3.69. The Labute approximate surface area is 77.3 Å². The molecule has 60 valence electrons. The van der Waals surface area contributed by atoms with Gasteiger partial charge in [-0.25, -0.2) is 4.39 Å². The first-order valence-electron chi connectivity index (χ1n) is 2.56. The molecule has 1 N–H and O–H groups in total. The van der Waals surface area contributed by atoms with Crippen LogP contribution in [0.1, 0.15) is 0 Å². The zero-order valence-electron chi connectivity index (χ0n) is 5.04. The predicted octanol–water partition coefficient (Wildman–Crippen LogP) is 3.49. The summed E-state index contributed by atoms with van der Waals surface area (Å²) in [5.41, 5.74) is 0. The van der Waals surface area contributed by atoms with Gasteiger partial charge in [-0.3, -0.25) is 0 Å². The molecule has 0 spiro atoms. The summed E-state index contributed by atoms with van der Waals surface area (Å²) in [5, 5.41) is 8.43. The number of hydrogen-bond donors (Lipinski definition) is 1. The van der Waals surface area contributed by atoms with Gasteiger partial charge in [0, 0.05) is 0 Å². The Balaban J connectivity index is 3.46. The van der Waals surface area contributed by atoms with E-state index in [-0.39, 0.29) is 15.1 Å². The molecule has 0 amide bonds. The van der Waals surface area contributed by atoms with Crippen molar-refractivity contribution in [3.05, 3.63) is 27.0 Å². The van der Waals surface area contributed by atoms with Crippen LogP contribution >= 0.6 is 34.8 Å². The average Bonchev–Trinajstić information content (AvgIpc) is 1.97. The maximum absolute atomic E-state index is 12.6. The molecule has 0 heterocycles. The first-order chi connectivity index (χ1) is 5.04. The molecular formula is C6H2Cl3FO. The highest BCUT2D eigenvalue weighted by molar-refractivity contribution is 6.44. The second-order valence-corrected chi connectivity index (χ2v) is 3.01. The highest BCUT2D eigenvalue weighted by Crippen LogP contribution is 2.37. The third-order valence-corrected chi connectivity index (χ3v) is 2.14. The molecule has 0 saturated carbocycles. The molecule has 0 aromatic heterocycles. The topological polar surface area (TPSA) is 20.2 Å². The molecule has 11 heavy (non-hydrogen) atoms. The maximum atomic E-state index is 12.6. The summed E-state index contributed by atoms with van der Waals surface area (Å²) in [6.45, 7) is 0. The molecule has 0 fully saturated rings. The summed E-state index contributed by atoms with van der Waals surface area (Å²) in [7, 11) is 0. The Morgan fingerprint density at radius 3 is 2.27 bits per heavy atom. The Kier molecular flexibility index (Phi) is 2.47. The van der Waals surface area contributed by atoms with Crippen LogP contribution in [0.2, 0.25) is 15.1 Å². The summed E-state index contributed by atoms with van der Waals surface area (Å²) in [5.74, 6) is -1.68. The molecular weight excluding hydrogens is 213 g/mol. The van der Waals surface area contributed by atoms with Crippen molar-refractivity contribution in [2.24, 2.45) is 0 Å². The quantitative estimate of drug-likeness (QED) is 0.657. The lowest BCUT2D eigenvalue weighted by molar-refractivity contribution is 0.433. The van der Waals surface area contributed by atoms with Crippen LogP contribution in [0.5, 0.6) is 5.75 Å². The maximum Gasteiger partial charge on any atom is 0.185 e. The van der Waals surface area contributed by atoms with Crippen molar-refractivity contribution >= 4 is 34.8 Å². The third-order valence-electron chi connectivity index (χ3n) is 1.09. The number of hydrogen-bond acceptors (Lipinski definition) is 1. The molecule has 0 aliphatic heterocycles. The number of phenolic OH excluding ortho intramolecular Hbond substituents is 1. The SMILES string of the molecule is Oc1c(F)c(Cl)cc(Cl)c1Cl. The molecule has 1 nitrogen and oxygen atoms in total. The van der Waals surface area contributed by atoms with E-state index in [1.807, 2.05) is 0 Å². The van der Waals surface area contributed by atoms with Gasteiger partial charge in [-0.05, 0) is 6.07 Å². The van der Waals surface area contributed by atoms with Crippen LogP contribution in [0.4, 0.5) is 4.39 Å². The lowest BCUT2D eigenvalue weighted by atomic mass is 10.3. The zero-order valence-corrected chi connectivity index (χ0v) is 7.30. The molecule has 0 bridgehead atoms. The van der Waals surface area contributed by atoms with Crippen molar-refractivity contribution in [3.8, 4) is 5.75 Å². The lowest BCUT2D eigenvalue weighted by Crippen LogP contribution is -1.80. The van der Waals surface area contributed by atoms with Crippen molar-refractivity contribution in [2.75, 3.05) is 0 Å². The van der Waals surface area contributed by atoms with E-state index in [0.29, 0.717) is 0 Å². The summed E-state index contributed by atoms with van der Waals surface area (Å²) >= 11 is 16.1. The standard InChI is InChI=1S/C6H2Cl3FO/c7-2-1-3(8)5(10)6(11)4(2)9/h1,11H. The fourth-order valence-electron chi connectivity index (χ4n) is 0.561.